The number of ether oxygens (including phenoxy) is 5. The Morgan fingerprint density at radius 1 is 0.684 bits per heavy atom. The zero-order valence-electron chi connectivity index (χ0n) is 20.2. The van der Waals surface area contributed by atoms with Gasteiger partial charge in [0.1, 0.15) is 67.1 Å². The van der Waals surface area contributed by atoms with Gasteiger partial charge >= 0.3 is 29.6 Å². The van der Waals surface area contributed by atoms with Crippen LogP contribution in [0.3, 0.4) is 0 Å². The van der Waals surface area contributed by atoms with Gasteiger partial charge in [0.25, 0.3) is 0 Å². The maximum absolute atomic E-state index is 11.1. The minimum Gasteiger partial charge on any atom is -0.726 e. The Morgan fingerprint density at radius 3 is 1.79 bits per heavy atom. The van der Waals surface area contributed by atoms with E-state index in [0.717, 1.165) is 0 Å². The smallest absolute Gasteiger partial charge is 0.726 e. The average Bonchev–Trinajstić information content (AvgIpc) is 2.83. The quantitative estimate of drug-likeness (QED) is 0.0720. The van der Waals surface area contributed by atoms with E-state index in [1.807, 2.05) is 0 Å². The minimum absolute atomic E-state index is 0. The molecule has 0 aliphatic carbocycles. The monoisotopic (exact) mass is 590 g/mol. The first-order valence-electron chi connectivity index (χ1n) is 11.1. The van der Waals surface area contributed by atoms with Crippen molar-refractivity contribution in [3.8, 4) is 0 Å². The SMILES string of the molecule is CC1OC(OC2C(O)C(O)OC(CO)C2OC2OC(CO)C(O)C(OS(=O)(=O)[O-])C2O)C(O)C(O)C1O.[Na+]. The van der Waals surface area contributed by atoms with Crippen molar-refractivity contribution in [1.82, 2.24) is 0 Å². The van der Waals surface area contributed by atoms with E-state index in [1.165, 1.54) is 6.92 Å². The first kappa shape index (κ1) is 34.5. The molecule has 0 bridgehead atoms. The molecule has 0 saturated carbocycles. The maximum Gasteiger partial charge on any atom is 1.00 e. The van der Waals surface area contributed by atoms with Gasteiger partial charge in [0.2, 0.25) is 10.4 Å². The van der Waals surface area contributed by atoms with E-state index in [1.54, 1.807) is 0 Å². The van der Waals surface area contributed by atoms with Crippen LogP contribution in [0.2, 0.25) is 0 Å². The molecule has 3 heterocycles. The van der Waals surface area contributed by atoms with Crippen LogP contribution in [0.25, 0.3) is 0 Å². The van der Waals surface area contributed by atoms with E-state index < -0.39 is 116 Å². The molecular formula is C18H31NaO18S. The molecule has 3 fully saturated rings. The van der Waals surface area contributed by atoms with Crippen LogP contribution in [0, 0.1) is 0 Å². The molecule has 0 aromatic rings. The normalized spacial score (nSPS) is 48.3. The molecule has 0 aromatic heterocycles. The number of aliphatic hydroxyl groups is 9. The Kier molecular flexibility index (Phi) is 12.7. The van der Waals surface area contributed by atoms with Gasteiger partial charge in [-0.2, -0.15) is 0 Å². The van der Waals surface area contributed by atoms with Crippen molar-refractivity contribution in [2.45, 2.75) is 99.0 Å². The summed E-state index contributed by atoms with van der Waals surface area (Å²) in [4.78, 5) is 0. The molecule has 3 saturated heterocycles. The molecule has 20 heteroatoms. The fraction of sp³-hybridized carbons (Fsp3) is 1.00. The zero-order valence-corrected chi connectivity index (χ0v) is 23.0. The largest absolute Gasteiger partial charge is 1.00 e. The Bertz CT molecular complexity index is 851. The van der Waals surface area contributed by atoms with Gasteiger partial charge in [0.05, 0.1) is 19.3 Å². The van der Waals surface area contributed by atoms with Crippen LogP contribution >= 0.6 is 0 Å². The van der Waals surface area contributed by atoms with Crippen molar-refractivity contribution in [2.75, 3.05) is 13.2 Å². The zero-order chi connectivity index (χ0) is 27.8. The molecule has 15 unspecified atom stereocenters. The Balaban J connectivity index is 0.00000507. The second-order valence-electron chi connectivity index (χ2n) is 8.80. The van der Waals surface area contributed by atoms with Crippen LogP contribution in [0.5, 0.6) is 0 Å². The van der Waals surface area contributed by atoms with Gasteiger partial charge in [-0.1, -0.05) is 0 Å². The molecule has 218 valence electrons. The summed E-state index contributed by atoms with van der Waals surface area (Å²) in [5, 5.41) is 90.7. The first-order valence-corrected chi connectivity index (χ1v) is 12.4. The summed E-state index contributed by atoms with van der Waals surface area (Å²) in [6.07, 6.45) is -26.9. The standard InChI is InChI=1S/C18H32O18S.Na/c1-4-7(21)9(23)10(24)17(31-4)35-15-11(25)16(27)32-6(3-20)13(15)34-18-12(26)14(36-37(28,29)30)8(22)5(2-19)33-18;/h4-27H,2-3H2,1H3,(H,28,29,30);/q;+1/p-1. The summed E-state index contributed by atoms with van der Waals surface area (Å²) in [6.45, 7) is -0.519. The van der Waals surface area contributed by atoms with Crippen molar-refractivity contribution in [2.24, 2.45) is 0 Å². The summed E-state index contributed by atoms with van der Waals surface area (Å²) < 4.78 is 64.1. The Labute approximate surface area is 238 Å². The summed E-state index contributed by atoms with van der Waals surface area (Å²) in [6, 6.07) is 0. The molecular weight excluding hydrogens is 559 g/mol. The number of rotatable bonds is 8. The first-order chi connectivity index (χ1) is 17.2. The third kappa shape index (κ3) is 7.57. The van der Waals surface area contributed by atoms with Gasteiger partial charge in [-0.05, 0) is 6.92 Å². The van der Waals surface area contributed by atoms with Gasteiger partial charge in [0.15, 0.2) is 18.9 Å². The van der Waals surface area contributed by atoms with Crippen molar-refractivity contribution in [3.63, 3.8) is 0 Å². The predicted molar refractivity (Wildman–Crippen MR) is 108 cm³/mol. The molecule has 0 spiro atoms. The van der Waals surface area contributed by atoms with Crippen molar-refractivity contribution < 1.29 is 116 Å². The van der Waals surface area contributed by atoms with Gasteiger partial charge in [-0.15, -0.1) is 0 Å². The van der Waals surface area contributed by atoms with Crippen molar-refractivity contribution >= 4 is 10.4 Å². The third-order valence-corrected chi connectivity index (χ3v) is 6.71. The van der Waals surface area contributed by atoms with Gasteiger partial charge in [-0.3, -0.25) is 4.18 Å². The van der Waals surface area contributed by atoms with Crippen LogP contribution in [-0.4, -0.2) is 164 Å². The summed E-state index contributed by atoms with van der Waals surface area (Å²) in [5.74, 6) is 0. The predicted octanol–water partition coefficient (Wildman–Crippen LogP) is -10.1. The van der Waals surface area contributed by atoms with Crippen molar-refractivity contribution in [1.29, 1.82) is 0 Å². The van der Waals surface area contributed by atoms with Crippen LogP contribution in [0.15, 0.2) is 0 Å². The van der Waals surface area contributed by atoms with Crippen molar-refractivity contribution in [3.05, 3.63) is 0 Å². The van der Waals surface area contributed by atoms with E-state index in [9.17, 15) is 58.9 Å². The molecule has 0 aromatic carbocycles. The Morgan fingerprint density at radius 2 is 1.24 bits per heavy atom. The second kappa shape index (κ2) is 14.0. The van der Waals surface area contributed by atoms with Gasteiger partial charge in [0, 0.05) is 0 Å². The van der Waals surface area contributed by atoms with Gasteiger partial charge < -0.3 is 74.2 Å². The van der Waals surface area contributed by atoms with Gasteiger partial charge in [-0.25, -0.2) is 8.42 Å². The maximum atomic E-state index is 11.1. The average molecular weight is 590 g/mol. The third-order valence-electron chi connectivity index (χ3n) is 6.25. The van der Waals surface area contributed by atoms with Crippen LogP contribution in [0.4, 0.5) is 0 Å². The number of aliphatic hydroxyl groups excluding tert-OH is 9. The molecule has 3 rings (SSSR count). The fourth-order valence-corrected chi connectivity index (χ4v) is 4.73. The fourth-order valence-electron chi connectivity index (χ4n) is 4.23. The second-order valence-corrected chi connectivity index (χ2v) is 9.81. The van der Waals surface area contributed by atoms with E-state index in [-0.39, 0.29) is 29.6 Å². The van der Waals surface area contributed by atoms with Crippen LogP contribution in [-0.2, 0) is 38.3 Å². The molecule has 3 aliphatic heterocycles. The van der Waals surface area contributed by atoms with E-state index in [0.29, 0.717) is 0 Å². The summed E-state index contributed by atoms with van der Waals surface area (Å²) in [7, 11) is -5.47. The molecule has 18 nitrogen and oxygen atoms in total. The minimum atomic E-state index is -5.47. The molecule has 0 radical (unpaired) electrons. The summed E-state index contributed by atoms with van der Waals surface area (Å²) in [5.41, 5.74) is 0. The van der Waals surface area contributed by atoms with E-state index >= 15 is 0 Å². The summed E-state index contributed by atoms with van der Waals surface area (Å²) >= 11 is 0. The molecule has 3 aliphatic rings. The van der Waals surface area contributed by atoms with E-state index in [4.69, 9.17) is 23.7 Å². The molecule has 9 N–H and O–H groups in total. The van der Waals surface area contributed by atoms with Crippen LogP contribution < -0.4 is 29.6 Å². The molecule has 0 amide bonds. The molecule has 15 atom stereocenters. The number of hydrogen-bond acceptors (Lipinski definition) is 18. The Hall–Kier alpha value is 0.310. The van der Waals surface area contributed by atoms with E-state index in [2.05, 4.69) is 4.18 Å². The molecule has 38 heavy (non-hydrogen) atoms. The topological polar surface area (TPSA) is 295 Å². The van der Waals surface area contributed by atoms with Crippen LogP contribution in [0.1, 0.15) is 6.92 Å². The number of hydrogen-bond donors (Lipinski definition) is 9.